The molecule has 128 valence electrons. The lowest BCUT2D eigenvalue weighted by Crippen LogP contribution is -2.26. The lowest BCUT2D eigenvalue weighted by atomic mass is 10.2. The fourth-order valence-electron chi connectivity index (χ4n) is 1.93. The van der Waals surface area contributed by atoms with Crippen molar-refractivity contribution in [2.75, 3.05) is 6.54 Å². The van der Waals surface area contributed by atoms with Crippen LogP contribution in [-0.2, 0) is 26.2 Å². The Morgan fingerprint density at radius 1 is 1.12 bits per heavy atom. The second-order valence-electron chi connectivity index (χ2n) is 5.21. The average molecular weight is 368 g/mol. The summed E-state index contributed by atoms with van der Waals surface area (Å²) in [6.07, 6.45) is -0.0600. The minimum atomic E-state index is -3.63. The van der Waals surface area contributed by atoms with Crippen molar-refractivity contribution >= 4 is 27.6 Å². The average Bonchev–Trinajstić information content (AvgIpc) is 2.54. The molecule has 0 heterocycles. The van der Waals surface area contributed by atoms with Gasteiger partial charge in [0.2, 0.25) is 10.0 Å². The third-order valence-electron chi connectivity index (χ3n) is 3.30. The SMILES string of the molecule is Cc1ccc(S(=O)(=O)NCCC(=O)OCc2ccccc2Cl)cc1. The van der Waals surface area contributed by atoms with Crippen molar-refractivity contribution in [3.05, 3.63) is 64.7 Å². The summed E-state index contributed by atoms with van der Waals surface area (Å²) in [5.41, 5.74) is 1.67. The molecule has 0 amide bonds. The van der Waals surface area contributed by atoms with Crippen LogP contribution in [0.2, 0.25) is 5.02 Å². The minimum Gasteiger partial charge on any atom is -0.461 e. The molecule has 2 aromatic rings. The zero-order valence-corrected chi connectivity index (χ0v) is 14.7. The zero-order valence-electron chi connectivity index (χ0n) is 13.2. The number of aryl methyl sites for hydroxylation is 1. The van der Waals surface area contributed by atoms with Gasteiger partial charge >= 0.3 is 5.97 Å². The van der Waals surface area contributed by atoms with Crippen molar-refractivity contribution in [1.82, 2.24) is 4.72 Å². The number of ether oxygens (including phenoxy) is 1. The van der Waals surface area contributed by atoms with Gasteiger partial charge in [-0.05, 0) is 25.1 Å². The molecule has 0 aromatic heterocycles. The lowest BCUT2D eigenvalue weighted by molar-refractivity contribution is -0.144. The van der Waals surface area contributed by atoms with Gasteiger partial charge in [-0.2, -0.15) is 0 Å². The normalized spacial score (nSPS) is 11.2. The monoisotopic (exact) mass is 367 g/mol. The summed E-state index contributed by atoms with van der Waals surface area (Å²) in [5, 5.41) is 0.519. The highest BCUT2D eigenvalue weighted by molar-refractivity contribution is 7.89. The number of carbonyl (C=O) groups is 1. The molecule has 0 fully saturated rings. The molecule has 0 aliphatic rings. The molecule has 0 aliphatic heterocycles. The molecule has 0 radical (unpaired) electrons. The molecular formula is C17H18ClNO4S. The molecule has 0 atom stereocenters. The molecule has 0 aliphatic carbocycles. The Hall–Kier alpha value is -1.89. The molecule has 5 nitrogen and oxygen atoms in total. The molecule has 0 saturated heterocycles. The fourth-order valence-corrected chi connectivity index (χ4v) is 3.16. The number of esters is 1. The lowest BCUT2D eigenvalue weighted by Gasteiger charge is -2.08. The van der Waals surface area contributed by atoms with Crippen LogP contribution >= 0.6 is 11.6 Å². The summed E-state index contributed by atoms with van der Waals surface area (Å²) in [7, 11) is -3.63. The first-order chi connectivity index (χ1) is 11.4. The third kappa shape index (κ3) is 5.33. The van der Waals surface area contributed by atoms with Gasteiger partial charge in [-0.1, -0.05) is 47.5 Å². The van der Waals surface area contributed by atoms with Crippen LogP contribution in [-0.4, -0.2) is 20.9 Å². The fraction of sp³-hybridized carbons (Fsp3) is 0.235. The molecule has 0 bridgehead atoms. The number of sulfonamides is 1. The van der Waals surface area contributed by atoms with E-state index < -0.39 is 16.0 Å². The minimum absolute atomic E-state index is 0.0302. The van der Waals surface area contributed by atoms with Crippen LogP contribution in [0.5, 0.6) is 0 Å². The van der Waals surface area contributed by atoms with E-state index in [1.807, 2.05) is 6.92 Å². The largest absolute Gasteiger partial charge is 0.461 e. The van der Waals surface area contributed by atoms with Crippen molar-refractivity contribution in [2.45, 2.75) is 24.8 Å². The summed E-state index contributed by atoms with van der Waals surface area (Å²) < 4.78 is 31.6. The van der Waals surface area contributed by atoms with Crippen LogP contribution < -0.4 is 4.72 Å². The van der Waals surface area contributed by atoms with Gasteiger partial charge in [-0.3, -0.25) is 4.79 Å². The van der Waals surface area contributed by atoms with Gasteiger partial charge in [0, 0.05) is 17.1 Å². The van der Waals surface area contributed by atoms with Gasteiger partial charge < -0.3 is 4.74 Å². The second-order valence-corrected chi connectivity index (χ2v) is 7.39. The van der Waals surface area contributed by atoms with Gasteiger partial charge in [0.25, 0.3) is 0 Å². The summed E-state index contributed by atoms with van der Waals surface area (Å²) in [4.78, 5) is 11.9. The van der Waals surface area contributed by atoms with E-state index in [-0.39, 0.29) is 24.5 Å². The van der Waals surface area contributed by atoms with Crippen molar-refractivity contribution in [3.63, 3.8) is 0 Å². The standard InChI is InChI=1S/C17H18ClNO4S/c1-13-6-8-15(9-7-13)24(21,22)19-11-10-17(20)23-12-14-4-2-3-5-16(14)18/h2-9,19H,10-12H2,1H3. The molecule has 7 heteroatoms. The highest BCUT2D eigenvalue weighted by Gasteiger charge is 2.14. The predicted molar refractivity (Wildman–Crippen MR) is 92.2 cm³/mol. The third-order valence-corrected chi connectivity index (χ3v) is 5.14. The van der Waals surface area contributed by atoms with Crippen LogP contribution in [0.4, 0.5) is 0 Å². The predicted octanol–water partition coefficient (Wildman–Crippen LogP) is 3.06. The Kier molecular flexibility index (Phi) is 6.36. The topological polar surface area (TPSA) is 72.5 Å². The number of benzene rings is 2. The highest BCUT2D eigenvalue weighted by Crippen LogP contribution is 2.16. The van der Waals surface area contributed by atoms with Gasteiger partial charge in [0.05, 0.1) is 11.3 Å². The maximum atomic E-state index is 12.1. The summed E-state index contributed by atoms with van der Waals surface area (Å²) >= 11 is 5.97. The number of hydrogen-bond acceptors (Lipinski definition) is 4. The smallest absolute Gasteiger partial charge is 0.307 e. The molecular weight excluding hydrogens is 350 g/mol. The van der Waals surface area contributed by atoms with E-state index in [0.717, 1.165) is 5.56 Å². The second kappa shape index (κ2) is 8.28. The Morgan fingerprint density at radius 3 is 2.46 bits per heavy atom. The first-order valence-corrected chi connectivity index (χ1v) is 9.20. The summed E-state index contributed by atoms with van der Waals surface area (Å²) in [5.74, 6) is -0.499. The van der Waals surface area contributed by atoms with Gasteiger partial charge in [-0.15, -0.1) is 0 Å². The van der Waals surface area contributed by atoms with Gasteiger partial charge in [0.1, 0.15) is 6.61 Å². The maximum absolute atomic E-state index is 12.1. The van der Waals surface area contributed by atoms with Crippen LogP contribution in [0.1, 0.15) is 17.5 Å². The van der Waals surface area contributed by atoms with Gasteiger partial charge in [-0.25, -0.2) is 13.1 Å². The Labute approximate surface area is 146 Å². The van der Waals surface area contributed by atoms with Crippen LogP contribution in [0.25, 0.3) is 0 Å². The van der Waals surface area contributed by atoms with E-state index in [2.05, 4.69) is 4.72 Å². The number of nitrogens with one attached hydrogen (secondary N) is 1. The van der Waals surface area contributed by atoms with E-state index in [9.17, 15) is 13.2 Å². The molecule has 24 heavy (non-hydrogen) atoms. The van der Waals surface area contributed by atoms with Crippen molar-refractivity contribution in [1.29, 1.82) is 0 Å². The quantitative estimate of drug-likeness (QED) is 0.763. The van der Waals surface area contributed by atoms with Gasteiger partial charge in [0.15, 0.2) is 0 Å². The molecule has 0 spiro atoms. The Bertz CT molecular complexity index is 804. The molecule has 0 unspecified atom stereocenters. The summed E-state index contributed by atoms with van der Waals surface area (Å²) in [6.45, 7) is 1.90. The highest BCUT2D eigenvalue weighted by atomic mass is 35.5. The van der Waals surface area contributed by atoms with Crippen LogP contribution in [0.15, 0.2) is 53.4 Å². The molecule has 0 saturated carbocycles. The van der Waals surface area contributed by atoms with E-state index in [4.69, 9.17) is 16.3 Å². The number of rotatable bonds is 7. The Balaban J connectivity index is 1.80. The molecule has 2 aromatic carbocycles. The molecule has 1 N–H and O–H groups in total. The van der Waals surface area contributed by atoms with Crippen LogP contribution in [0.3, 0.4) is 0 Å². The van der Waals surface area contributed by atoms with E-state index in [1.165, 1.54) is 12.1 Å². The van der Waals surface area contributed by atoms with Crippen LogP contribution in [0, 0.1) is 6.92 Å². The van der Waals surface area contributed by atoms with Crippen molar-refractivity contribution in [3.8, 4) is 0 Å². The van der Waals surface area contributed by atoms with E-state index in [0.29, 0.717) is 10.6 Å². The van der Waals surface area contributed by atoms with Crippen molar-refractivity contribution < 1.29 is 17.9 Å². The van der Waals surface area contributed by atoms with Crippen molar-refractivity contribution in [2.24, 2.45) is 0 Å². The first kappa shape index (κ1) is 18.4. The summed E-state index contributed by atoms with van der Waals surface area (Å²) in [6, 6.07) is 13.5. The van der Waals surface area contributed by atoms with E-state index >= 15 is 0 Å². The first-order valence-electron chi connectivity index (χ1n) is 7.34. The van der Waals surface area contributed by atoms with E-state index in [1.54, 1.807) is 36.4 Å². The number of halogens is 1. The number of carbonyl (C=O) groups excluding carboxylic acids is 1. The number of hydrogen-bond donors (Lipinski definition) is 1. The molecule has 2 rings (SSSR count). The maximum Gasteiger partial charge on any atom is 0.307 e. The zero-order chi connectivity index (χ0) is 17.6. The Morgan fingerprint density at radius 2 is 1.79 bits per heavy atom.